The third-order valence-corrected chi connectivity index (χ3v) is 6.17. The number of methoxy groups -OCH3 is 1. The van der Waals surface area contributed by atoms with E-state index in [1.165, 1.54) is 12.0 Å². The van der Waals surface area contributed by atoms with Crippen molar-refractivity contribution in [3.8, 4) is 0 Å². The van der Waals surface area contributed by atoms with Crippen LogP contribution in [0, 0.1) is 0 Å². The monoisotopic (exact) mass is 479 g/mol. The molecule has 3 rings (SSSR count). The van der Waals surface area contributed by atoms with Gasteiger partial charge in [-0.2, -0.15) is 0 Å². The summed E-state index contributed by atoms with van der Waals surface area (Å²) in [5.74, 6) is -0.865. The van der Waals surface area contributed by atoms with Gasteiger partial charge in [0.1, 0.15) is 5.54 Å². The molecular formula is C21H26BrN3O5. The van der Waals surface area contributed by atoms with Gasteiger partial charge in [-0.15, -0.1) is 0 Å². The van der Waals surface area contributed by atoms with Crippen molar-refractivity contribution in [3.05, 3.63) is 34.3 Å². The molecule has 2 N–H and O–H groups in total. The first-order valence-corrected chi connectivity index (χ1v) is 10.9. The first-order chi connectivity index (χ1) is 14.3. The van der Waals surface area contributed by atoms with Crippen molar-refractivity contribution in [1.82, 2.24) is 15.5 Å². The molecule has 30 heavy (non-hydrogen) atoms. The third kappa shape index (κ3) is 5.00. The Hall–Kier alpha value is -2.42. The van der Waals surface area contributed by atoms with E-state index in [0.717, 1.165) is 22.9 Å². The van der Waals surface area contributed by atoms with E-state index in [-0.39, 0.29) is 37.2 Å². The van der Waals surface area contributed by atoms with Gasteiger partial charge in [0.05, 0.1) is 19.6 Å². The Morgan fingerprint density at radius 1 is 1.30 bits per heavy atom. The van der Waals surface area contributed by atoms with Crippen molar-refractivity contribution in [1.29, 1.82) is 0 Å². The second-order valence-corrected chi connectivity index (χ2v) is 8.65. The number of urea groups is 1. The van der Waals surface area contributed by atoms with Gasteiger partial charge < -0.3 is 15.4 Å². The van der Waals surface area contributed by atoms with Crippen LogP contribution in [0.1, 0.15) is 56.6 Å². The maximum atomic E-state index is 12.7. The van der Waals surface area contributed by atoms with Gasteiger partial charge in [0.2, 0.25) is 5.91 Å². The molecule has 162 valence electrons. The lowest BCUT2D eigenvalue weighted by atomic mass is 9.98. The van der Waals surface area contributed by atoms with Gasteiger partial charge >= 0.3 is 12.0 Å². The van der Waals surface area contributed by atoms with Crippen molar-refractivity contribution in [2.75, 3.05) is 13.7 Å². The number of carbonyl (C=O) groups is 4. The van der Waals surface area contributed by atoms with E-state index in [4.69, 9.17) is 4.74 Å². The SMILES string of the molecule is COC(=O)CC(NC(=O)CCCN1C(=O)NC2(CCCC2)C1=O)c1cccc(Br)c1. The number of esters is 1. The number of carbonyl (C=O) groups excluding carboxylic acids is 4. The topological polar surface area (TPSA) is 105 Å². The number of nitrogens with zero attached hydrogens (tertiary/aromatic N) is 1. The number of halogens is 1. The summed E-state index contributed by atoms with van der Waals surface area (Å²) >= 11 is 3.39. The minimum atomic E-state index is -0.731. The minimum Gasteiger partial charge on any atom is -0.469 e. The van der Waals surface area contributed by atoms with Crippen molar-refractivity contribution < 1.29 is 23.9 Å². The Kier molecular flexibility index (Phi) is 7.12. The summed E-state index contributed by atoms with van der Waals surface area (Å²) in [6, 6.07) is 6.44. The van der Waals surface area contributed by atoms with E-state index in [0.29, 0.717) is 19.3 Å². The fraction of sp³-hybridized carbons (Fsp3) is 0.524. The fourth-order valence-corrected chi connectivity index (χ4v) is 4.50. The molecule has 1 aromatic rings. The molecule has 2 aliphatic rings. The average Bonchev–Trinajstić information content (AvgIpc) is 3.27. The van der Waals surface area contributed by atoms with Gasteiger partial charge in [-0.3, -0.25) is 19.3 Å². The summed E-state index contributed by atoms with van der Waals surface area (Å²) < 4.78 is 5.58. The van der Waals surface area contributed by atoms with Crippen molar-refractivity contribution >= 4 is 39.7 Å². The molecule has 1 aliphatic carbocycles. The number of benzene rings is 1. The van der Waals surface area contributed by atoms with Crippen molar-refractivity contribution in [2.45, 2.75) is 56.5 Å². The minimum absolute atomic E-state index is 0.00816. The van der Waals surface area contributed by atoms with Gasteiger partial charge in [0.25, 0.3) is 5.91 Å². The van der Waals surface area contributed by atoms with Gasteiger partial charge in [0.15, 0.2) is 0 Å². The quantitative estimate of drug-likeness (QED) is 0.440. The van der Waals surface area contributed by atoms with E-state index >= 15 is 0 Å². The Bertz CT molecular complexity index is 838. The maximum absolute atomic E-state index is 12.7. The lowest BCUT2D eigenvalue weighted by Gasteiger charge is -2.20. The number of amides is 4. The highest BCUT2D eigenvalue weighted by atomic mass is 79.9. The zero-order valence-electron chi connectivity index (χ0n) is 16.9. The smallest absolute Gasteiger partial charge is 0.325 e. The first kappa shape index (κ1) is 22.3. The standard InChI is InChI=1S/C21H26BrN3O5/c1-30-18(27)13-16(14-6-4-7-15(22)12-14)23-17(26)8-5-11-25-19(28)21(24-20(25)29)9-2-3-10-21/h4,6-7,12,16H,2-3,5,8-11,13H2,1H3,(H,23,26)(H,24,29). The molecule has 1 atom stereocenters. The van der Waals surface area contributed by atoms with Crippen LogP contribution in [0.3, 0.4) is 0 Å². The number of hydrogen-bond acceptors (Lipinski definition) is 5. The molecule has 9 heteroatoms. The molecule has 4 amide bonds. The molecule has 1 heterocycles. The van der Waals surface area contributed by atoms with Crippen LogP contribution in [0.25, 0.3) is 0 Å². The highest BCUT2D eigenvalue weighted by Crippen LogP contribution is 2.35. The summed E-state index contributed by atoms with van der Waals surface area (Å²) in [6.07, 6.45) is 3.71. The van der Waals surface area contributed by atoms with E-state index in [2.05, 4.69) is 26.6 Å². The Morgan fingerprint density at radius 3 is 2.70 bits per heavy atom. The molecule has 0 radical (unpaired) electrons. The number of nitrogens with one attached hydrogen (secondary N) is 2. The predicted molar refractivity (Wildman–Crippen MR) is 112 cm³/mol. The summed E-state index contributed by atoms with van der Waals surface area (Å²) in [5.41, 5.74) is 0.0476. The van der Waals surface area contributed by atoms with E-state index in [1.54, 1.807) is 0 Å². The molecule has 1 saturated carbocycles. The summed E-state index contributed by atoms with van der Waals surface area (Å²) in [4.78, 5) is 50.3. The van der Waals surface area contributed by atoms with Gasteiger partial charge in [-0.05, 0) is 37.0 Å². The van der Waals surface area contributed by atoms with E-state index in [9.17, 15) is 19.2 Å². The van der Waals surface area contributed by atoms with Crippen LogP contribution in [0.4, 0.5) is 4.79 Å². The molecule has 1 spiro atoms. The second-order valence-electron chi connectivity index (χ2n) is 7.74. The molecule has 1 aromatic carbocycles. The van der Waals surface area contributed by atoms with Crippen LogP contribution in [-0.4, -0.2) is 47.9 Å². The molecule has 0 bridgehead atoms. The highest BCUT2D eigenvalue weighted by molar-refractivity contribution is 9.10. The number of rotatable bonds is 8. The van der Waals surface area contributed by atoms with Gasteiger partial charge in [0, 0.05) is 17.4 Å². The lowest BCUT2D eigenvalue weighted by Crippen LogP contribution is -2.44. The maximum Gasteiger partial charge on any atom is 0.325 e. The molecule has 2 fully saturated rings. The summed E-state index contributed by atoms with van der Waals surface area (Å²) in [7, 11) is 1.30. The van der Waals surface area contributed by atoms with Crippen LogP contribution in [0.15, 0.2) is 28.7 Å². The van der Waals surface area contributed by atoms with Crippen LogP contribution in [0.2, 0.25) is 0 Å². The molecule has 0 aromatic heterocycles. The first-order valence-electron chi connectivity index (χ1n) is 10.1. The number of hydrogen-bond donors (Lipinski definition) is 2. The normalized spacial score (nSPS) is 18.4. The molecule has 1 aliphatic heterocycles. The van der Waals surface area contributed by atoms with Gasteiger partial charge in [-0.1, -0.05) is 40.9 Å². The van der Waals surface area contributed by atoms with Crippen LogP contribution < -0.4 is 10.6 Å². The fourth-order valence-electron chi connectivity index (χ4n) is 4.09. The zero-order chi connectivity index (χ0) is 21.7. The van der Waals surface area contributed by atoms with Crippen LogP contribution >= 0.6 is 15.9 Å². The molecule has 8 nitrogen and oxygen atoms in total. The van der Waals surface area contributed by atoms with E-state index < -0.39 is 17.6 Å². The average molecular weight is 480 g/mol. The molecule has 1 unspecified atom stereocenters. The molecular weight excluding hydrogens is 454 g/mol. The third-order valence-electron chi connectivity index (χ3n) is 5.67. The van der Waals surface area contributed by atoms with E-state index in [1.807, 2.05) is 24.3 Å². The van der Waals surface area contributed by atoms with Crippen LogP contribution in [-0.2, 0) is 19.1 Å². The highest BCUT2D eigenvalue weighted by Gasteiger charge is 2.52. The Balaban J connectivity index is 1.55. The number of ether oxygens (including phenoxy) is 1. The predicted octanol–water partition coefficient (Wildman–Crippen LogP) is 2.81. The Labute approximate surface area is 183 Å². The largest absolute Gasteiger partial charge is 0.469 e. The Morgan fingerprint density at radius 2 is 2.03 bits per heavy atom. The van der Waals surface area contributed by atoms with Crippen molar-refractivity contribution in [2.24, 2.45) is 0 Å². The van der Waals surface area contributed by atoms with Gasteiger partial charge in [-0.25, -0.2) is 4.79 Å². The summed E-state index contributed by atoms with van der Waals surface area (Å²) in [5, 5.41) is 5.69. The van der Waals surface area contributed by atoms with Crippen LogP contribution in [0.5, 0.6) is 0 Å². The number of imide groups is 1. The molecule has 1 saturated heterocycles. The van der Waals surface area contributed by atoms with Crippen molar-refractivity contribution in [3.63, 3.8) is 0 Å². The summed E-state index contributed by atoms with van der Waals surface area (Å²) in [6.45, 7) is 0.193. The second kappa shape index (κ2) is 9.59. The lowest BCUT2D eigenvalue weighted by molar-refractivity contribution is -0.141. The zero-order valence-corrected chi connectivity index (χ0v) is 18.5.